The minimum Gasteiger partial charge on any atom is -0.396 e. The molecule has 1 aliphatic rings. The van der Waals surface area contributed by atoms with E-state index < -0.39 is 0 Å². The number of rotatable bonds is 7. The number of hydrogen-bond acceptors (Lipinski definition) is 5. The van der Waals surface area contributed by atoms with Crippen LogP contribution in [0, 0.1) is 11.8 Å². The van der Waals surface area contributed by atoms with Crippen molar-refractivity contribution in [3.8, 4) is 0 Å². The molecular weight excluding hydrogens is 324 g/mol. The quantitative estimate of drug-likeness (QED) is 0.727. The Balaban J connectivity index is 2.03. The molecule has 24 heavy (non-hydrogen) atoms. The second-order valence-electron chi connectivity index (χ2n) is 6.72. The molecule has 0 aromatic heterocycles. The van der Waals surface area contributed by atoms with E-state index in [0.29, 0.717) is 23.8 Å². The minimum atomic E-state index is 0.0376. The lowest BCUT2D eigenvalue weighted by atomic mass is 9.89. The summed E-state index contributed by atoms with van der Waals surface area (Å²) < 4.78 is 0. The number of piperidine rings is 1. The van der Waals surface area contributed by atoms with Crippen LogP contribution in [0.2, 0.25) is 0 Å². The Kier molecular flexibility index (Phi) is 7.55. The van der Waals surface area contributed by atoms with Crippen LogP contribution in [0.4, 0.5) is 0 Å². The molecular formula is C18H28N2O3S. The summed E-state index contributed by atoms with van der Waals surface area (Å²) >= 11 is 1.57. The molecule has 5 nitrogen and oxygen atoms in total. The predicted molar refractivity (Wildman–Crippen MR) is 97.4 cm³/mol. The molecule has 1 amide bonds. The first kappa shape index (κ1) is 19.2. The Labute approximate surface area is 148 Å². The zero-order chi connectivity index (χ0) is 17.5. The van der Waals surface area contributed by atoms with Crippen LogP contribution in [-0.2, 0) is 0 Å². The summed E-state index contributed by atoms with van der Waals surface area (Å²) in [5, 5.41) is 18.4. The number of nitrogens with zero attached hydrogens (tertiary/aromatic N) is 2. The Morgan fingerprint density at radius 2 is 1.88 bits per heavy atom. The summed E-state index contributed by atoms with van der Waals surface area (Å²) in [5.74, 6) is 1.25. The first-order valence-corrected chi connectivity index (χ1v) is 9.40. The second kappa shape index (κ2) is 9.42. The number of aliphatic hydroxyl groups is 2. The van der Waals surface area contributed by atoms with Crippen molar-refractivity contribution in [3.63, 3.8) is 0 Å². The van der Waals surface area contributed by atoms with Gasteiger partial charge in [-0.05, 0) is 56.6 Å². The highest BCUT2D eigenvalue weighted by molar-refractivity contribution is 7.99. The minimum absolute atomic E-state index is 0.0376. The average molecular weight is 353 g/mol. The number of likely N-dealkylation sites (tertiary alicyclic amines) is 1. The maximum Gasteiger partial charge on any atom is 0.253 e. The Hall–Kier alpha value is -1.08. The van der Waals surface area contributed by atoms with E-state index in [1.165, 1.54) is 0 Å². The van der Waals surface area contributed by atoms with Crippen LogP contribution in [-0.4, -0.2) is 78.6 Å². The number of amides is 1. The highest BCUT2D eigenvalue weighted by Crippen LogP contribution is 2.24. The van der Waals surface area contributed by atoms with E-state index in [0.717, 1.165) is 24.4 Å². The molecule has 1 aliphatic heterocycles. The van der Waals surface area contributed by atoms with Crippen molar-refractivity contribution in [2.75, 3.05) is 52.7 Å². The van der Waals surface area contributed by atoms with Gasteiger partial charge in [-0.2, -0.15) is 0 Å². The largest absolute Gasteiger partial charge is 0.396 e. The maximum absolute atomic E-state index is 12.8. The number of hydrogen-bond donors (Lipinski definition) is 2. The molecule has 1 aromatic carbocycles. The van der Waals surface area contributed by atoms with Crippen molar-refractivity contribution in [3.05, 3.63) is 29.8 Å². The fraction of sp³-hybridized carbons (Fsp3) is 0.611. The summed E-state index contributed by atoms with van der Waals surface area (Å²) in [6, 6.07) is 7.56. The Morgan fingerprint density at radius 1 is 1.21 bits per heavy atom. The second-order valence-corrected chi connectivity index (χ2v) is 7.89. The van der Waals surface area contributed by atoms with Crippen molar-refractivity contribution in [2.45, 2.75) is 11.3 Å². The van der Waals surface area contributed by atoms with Gasteiger partial charge in [0.25, 0.3) is 5.91 Å². The third-order valence-electron chi connectivity index (χ3n) is 4.25. The van der Waals surface area contributed by atoms with E-state index in [4.69, 9.17) is 5.11 Å². The number of benzene rings is 1. The molecule has 1 heterocycles. The lowest BCUT2D eigenvalue weighted by Gasteiger charge is -2.38. The summed E-state index contributed by atoms with van der Waals surface area (Å²) in [5.41, 5.74) is 0.686. The molecule has 1 aromatic rings. The molecule has 134 valence electrons. The van der Waals surface area contributed by atoms with Crippen molar-refractivity contribution in [1.29, 1.82) is 0 Å². The van der Waals surface area contributed by atoms with E-state index in [9.17, 15) is 9.90 Å². The van der Waals surface area contributed by atoms with Crippen molar-refractivity contribution < 1.29 is 15.0 Å². The number of carbonyl (C=O) groups excluding carboxylic acids is 1. The topological polar surface area (TPSA) is 64.0 Å². The van der Waals surface area contributed by atoms with Gasteiger partial charge in [0.2, 0.25) is 0 Å². The highest BCUT2D eigenvalue weighted by atomic mass is 32.2. The third kappa shape index (κ3) is 5.48. The van der Waals surface area contributed by atoms with Gasteiger partial charge >= 0.3 is 0 Å². The standard InChI is InChI=1S/C18H28N2O3S/c1-19(2)10-14-9-15(13-22)12-20(11-14)18(23)16-3-5-17(6-4-16)24-8-7-21/h3-6,14-15,21-22H,7-13H2,1-2H3/t14-,15-/m1/s1. The number of thioether (sulfide) groups is 1. The number of carbonyl (C=O) groups is 1. The molecule has 2 atom stereocenters. The van der Waals surface area contributed by atoms with Gasteiger partial charge in [0.05, 0.1) is 6.61 Å². The maximum atomic E-state index is 12.8. The van der Waals surface area contributed by atoms with Crippen LogP contribution in [0.25, 0.3) is 0 Å². The van der Waals surface area contributed by atoms with Gasteiger partial charge in [-0.15, -0.1) is 11.8 Å². The van der Waals surface area contributed by atoms with E-state index in [1.54, 1.807) is 11.8 Å². The molecule has 2 rings (SSSR count). The van der Waals surface area contributed by atoms with E-state index in [2.05, 4.69) is 4.90 Å². The first-order valence-electron chi connectivity index (χ1n) is 8.42. The van der Waals surface area contributed by atoms with Crippen LogP contribution >= 0.6 is 11.8 Å². The molecule has 0 bridgehead atoms. The zero-order valence-corrected chi connectivity index (χ0v) is 15.3. The molecule has 0 radical (unpaired) electrons. The fourth-order valence-corrected chi connectivity index (χ4v) is 3.96. The van der Waals surface area contributed by atoms with Crippen LogP contribution < -0.4 is 0 Å². The molecule has 1 saturated heterocycles. The zero-order valence-electron chi connectivity index (χ0n) is 14.5. The van der Waals surface area contributed by atoms with Gasteiger partial charge in [0.1, 0.15) is 0 Å². The molecule has 0 aliphatic carbocycles. The van der Waals surface area contributed by atoms with Gasteiger partial charge in [0.15, 0.2) is 0 Å². The van der Waals surface area contributed by atoms with Gasteiger partial charge in [-0.3, -0.25) is 4.79 Å². The summed E-state index contributed by atoms with van der Waals surface area (Å²) in [4.78, 5) is 17.9. The molecule has 0 saturated carbocycles. The van der Waals surface area contributed by atoms with Gasteiger partial charge in [0, 0.05) is 42.5 Å². The van der Waals surface area contributed by atoms with Crippen LogP contribution in [0.3, 0.4) is 0 Å². The van der Waals surface area contributed by atoms with Crippen molar-refractivity contribution in [1.82, 2.24) is 9.80 Å². The molecule has 0 unspecified atom stereocenters. The van der Waals surface area contributed by atoms with Crippen LogP contribution in [0.1, 0.15) is 16.8 Å². The SMILES string of the molecule is CN(C)C[C@H]1C[C@@H](CO)CN(C(=O)c2ccc(SCCO)cc2)C1. The average Bonchev–Trinajstić information content (AvgIpc) is 2.58. The predicted octanol–water partition coefficient (Wildman–Crippen LogP) is 1.40. The lowest BCUT2D eigenvalue weighted by molar-refractivity contribution is 0.0477. The fourth-order valence-electron chi connectivity index (χ4n) is 3.30. The lowest BCUT2D eigenvalue weighted by Crippen LogP contribution is -2.47. The van der Waals surface area contributed by atoms with E-state index >= 15 is 0 Å². The molecule has 2 N–H and O–H groups in total. The normalized spacial score (nSPS) is 21.3. The smallest absolute Gasteiger partial charge is 0.253 e. The highest BCUT2D eigenvalue weighted by Gasteiger charge is 2.30. The summed E-state index contributed by atoms with van der Waals surface area (Å²) in [6.07, 6.45) is 0.967. The van der Waals surface area contributed by atoms with Crippen LogP contribution in [0.5, 0.6) is 0 Å². The molecule has 6 heteroatoms. The van der Waals surface area contributed by atoms with E-state index in [1.807, 2.05) is 43.3 Å². The Morgan fingerprint density at radius 3 is 2.46 bits per heavy atom. The molecule has 0 spiro atoms. The van der Waals surface area contributed by atoms with Crippen LogP contribution in [0.15, 0.2) is 29.2 Å². The monoisotopic (exact) mass is 352 g/mol. The molecule has 1 fully saturated rings. The van der Waals surface area contributed by atoms with Crippen molar-refractivity contribution >= 4 is 17.7 Å². The third-order valence-corrected chi connectivity index (χ3v) is 5.25. The van der Waals surface area contributed by atoms with Gasteiger partial charge in [-0.25, -0.2) is 0 Å². The van der Waals surface area contributed by atoms with Gasteiger partial charge in [-0.1, -0.05) is 0 Å². The summed E-state index contributed by atoms with van der Waals surface area (Å²) in [6.45, 7) is 2.57. The first-order chi connectivity index (χ1) is 11.5. The van der Waals surface area contributed by atoms with Gasteiger partial charge < -0.3 is 20.0 Å². The van der Waals surface area contributed by atoms with Crippen molar-refractivity contribution in [2.24, 2.45) is 11.8 Å². The Bertz CT molecular complexity index is 522. The van der Waals surface area contributed by atoms with E-state index in [-0.39, 0.29) is 25.0 Å². The number of aliphatic hydroxyl groups excluding tert-OH is 2. The summed E-state index contributed by atoms with van der Waals surface area (Å²) in [7, 11) is 4.08.